The van der Waals surface area contributed by atoms with Gasteiger partial charge in [0.1, 0.15) is 11.7 Å². The number of allylic oxidation sites excluding steroid dienone is 1. The lowest BCUT2D eigenvalue weighted by atomic mass is 9.98. The minimum absolute atomic E-state index is 0.0372. The fourth-order valence-electron chi connectivity index (χ4n) is 4.23. The van der Waals surface area contributed by atoms with Gasteiger partial charge in [-0.2, -0.15) is 5.10 Å². The topological polar surface area (TPSA) is 57.4 Å². The lowest BCUT2D eigenvalue weighted by Crippen LogP contribution is -2.34. The molecule has 1 N–H and O–H groups in total. The average molecular weight is 396 g/mol. The number of nitrogens with zero attached hydrogens (tertiary/aromatic N) is 3. The van der Waals surface area contributed by atoms with Crippen LogP contribution in [0.1, 0.15) is 36.6 Å². The number of aromatic amines is 1. The van der Waals surface area contributed by atoms with Crippen LogP contribution in [0.3, 0.4) is 0 Å². The molecule has 3 heterocycles. The number of hydrogen-bond donors (Lipinski definition) is 1. The van der Waals surface area contributed by atoms with Gasteiger partial charge < -0.3 is 9.32 Å². The molecule has 1 unspecified atom stereocenters. The number of fused-ring (bicyclic) bond motifs is 1. The molecule has 30 heavy (non-hydrogen) atoms. The van der Waals surface area contributed by atoms with Crippen molar-refractivity contribution in [3.05, 3.63) is 83.8 Å². The highest BCUT2D eigenvalue weighted by Gasteiger charge is 2.26. The van der Waals surface area contributed by atoms with Crippen LogP contribution < -0.4 is 0 Å². The summed E-state index contributed by atoms with van der Waals surface area (Å²) in [4.78, 5) is 7.04. The predicted octanol–water partition coefficient (Wildman–Crippen LogP) is 5.97. The van der Waals surface area contributed by atoms with Gasteiger partial charge in [0.2, 0.25) is 0 Å². The highest BCUT2D eigenvalue weighted by molar-refractivity contribution is 5.90. The lowest BCUT2D eigenvalue weighted by Gasteiger charge is -2.38. The molecular weight excluding hydrogens is 372 g/mol. The molecule has 0 saturated heterocycles. The maximum absolute atomic E-state index is 5.64. The van der Waals surface area contributed by atoms with Crippen molar-refractivity contribution in [1.29, 1.82) is 0 Å². The summed E-state index contributed by atoms with van der Waals surface area (Å²) in [5.41, 5.74) is 7.68. The van der Waals surface area contributed by atoms with E-state index >= 15 is 0 Å². The van der Waals surface area contributed by atoms with Crippen molar-refractivity contribution in [3.63, 3.8) is 0 Å². The molecule has 0 bridgehead atoms. The van der Waals surface area contributed by atoms with Gasteiger partial charge in [0, 0.05) is 29.1 Å². The van der Waals surface area contributed by atoms with Crippen molar-refractivity contribution in [2.45, 2.75) is 33.0 Å². The highest BCUT2D eigenvalue weighted by Crippen LogP contribution is 2.36. The van der Waals surface area contributed by atoms with E-state index in [0.29, 0.717) is 0 Å². The number of aliphatic imine (C=N–C) groups is 1. The number of hydrogen-bond acceptors (Lipinski definition) is 4. The molecule has 0 aliphatic carbocycles. The standard InChI is InChI=1S/C25H24N4O/c1-16-15-30-25-8-7-21(14-22(16)25)24-10-11-26-18(3)29(24)17(2)19-5-4-6-20(13-19)23-9-12-27-28-23/h4-15,17-18H,1-3H3,(H,27,28)/t17-,18?/m0/s1. The van der Waals surface area contributed by atoms with Crippen LogP contribution in [0.25, 0.3) is 27.9 Å². The quantitative estimate of drug-likeness (QED) is 0.463. The summed E-state index contributed by atoms with van der Waals surface area (Å²) in [7, 11) is 0. The van der Waals surface area contributed by atoms with E-state index < -0.39 is 0 Å². The van der Waals surface area contributed by atoms with Gasteiger partial charge in [0.05, 0.1) is 18.0 Å². The van der Waals surface area contributed by atoms with Gasteiger partial charge in [0.15, 0.2) is 0 Å². The van der Waals surface area contributed by atoms with Gasteiger partial charge in [-0.25, -0.2) is 0 Å². The van der Waals surface area contributed by atoms with Crippen LogP contribution in [0.2, 0.25) is 0 Å². The molecule has 0 fully saturated rings. The third kappa shape index (κ3) is 3.12. The van der Waals surface area contributed by atoms with Crippen LogP contribution in [0.15, 0.2) is 76.5 Å². The Hall–Kier alpha value is -3.60. The molecule has 150 valence electrons. The summed E-state index contributed by atoms with van der Waals surface area (Å²) >= 11 is 0. The van der Waals surface area contributed by atoms with Crippen LogP contribution in [-0.2, 0) is 0 Å². The van der Waals surface area contributed by atoms with Gasteiger partial charge in [-0.3, -0.25) is 10.1 Å². The van der Waals surface area contributed by atoms with Gasteiger partial charge >= 0.3 is 0 Å². The number of rotatable bonds is 4. The normalized spacial score (nSPS) is 17.4. The van der Waals surface area contributed by atoms with Crippen molar-refractivity contribution in [2.75, 3.05) is 0 Å². The maximum atomic E-state index is 5.64. The molecule has 2 aromatic carbocycles. The molecule has 0 saturated carbocycles. The van der Waals surface area contributed by atoms with Gasteiger partial charge in [-0.15, -0.1) is 0 Å². The van der Waals surface area contributed by atoms with Gasteiger partial charge in [-0.05, 0) is 73.9 Å². The van der Waals surface area contributed by atoms with Crippen molar-refractivity contribution in [2.24, 2.45) is 4.99 Å². The zero-order valence-electron chi connectivity index (χ0n) is 17.3. The number of benzene rings is 2. The van der Waals surface area contributed by atoms with E-state index in [0.717, 1.165) is 33.5 Å². The maximum Gasteiger partial charge on any atom is 0.134 e. The predicted molar refractivity (Wildman–Crippen MR) is 121 cm³/mol. The van der Waals surface area contributed by atoms with Crippen LogP contribution in [0.4, 0.5) is 0 Å². The summed E-state index contributed by atoms with van der Waals surface area (Å²) in [6.45, 7) is 6.45. The van der Waals surface area contributed by atoms with E-state index in [2.05, 4.69) is 89.4 Å². The Morgan fingerprint density at radius 3 is 2.83 bits per heavy atom. The molecule has 0 amide bonds. The fraction of sp³-hybridized carbons (Fsp3) is 0.200. The summed E-state index contributed by atoms with van der Waals surface area (Å²) in [5, 5.41) is 8.37. The summed E-state index contributed by atoms with van der Waals surface area (Å²) in [6.07, 6.45) is 7.71. The fourth-order valence-corrected chi connectivity index (χ4v) is 4.23. The van der Waals surface area contributed by atoms with Crippen molar-refractivity contribution >= 4 is 22.9 Å². The van der Waals surface area contributed by atoms with E-state index in [-0.39, 0.29) is 12.2 Å². The Kier molecular flexibility index (Phi) is 4.51. The SMILES string of the molecule is Cc1coc2ccc(C3=CC=NC(C)N3[C@@H](C)c3cccc(-c4cc[nH]n4)c3)cc12. The third-order valence-corrected chi connectivity index (χ3v) is 5.86. The monoisotopic (exact) mass is 396 g/mol. The second-order valence-corrected chi connectivity index (χ2v) is 7.78. The zero-order valence-corrected chi connectivity index (χ0v) is 17.3. The third-order valence-electron chi connectivity index (χ3n) is 5.86. The Morgan fingerprint density at radius 1 is 1.10 bits per heavy atom. The second kappa shape index (κ2) is 7.34. The Labute approximate surface area is 175 Å². The molecule has 5 nitrogen and oxygen atoms in total. The Balaban J connectivity index is 1.54. The van der Waals surface area contributed by atoms with Crippen LogP contribution in [0, 0.1) is 6.92 Å². The molecule has 5 heteroatoms. The first-order valence-corrected chi connectivity index (χ1v) is 10.2. The Morgan fingerprint density at radius 2 is 2.00 bits per heavy atom. The van der Waals surface area contributed by atoms with E-state index in [1.165, 1.54) is 11.1 Å². The zero-order chi connectivity index (χ0) is 20.7. The number of aryl methyl sites for hydroxylation is 1. The van der Waals surface area contributed by atoms with Crippen molar-refractivity contribution in [3.8, 4) is 11.3 Å². The molecule has 2 atom stereocenters. The second-order valence-electron chi connectivity index (χ2n) is 7.78. The lowest BCUT2D eigenvalue weighted by molar-refractivity contribution is 0.252. The molecule has 2 aromatic heterocycles. The smallest absolute Gasteiger partial charge is 0.134 e. The minimum Gasteiger partial charge on any atom is -0.464 e. The molecule has 4 aromatic rings. The first-order valence-electron chi connectivity index (χ1n) is 10.2. The Bertz CT molecular complexity index is 1250. The number of furan rings is 1. The molecule has 0 spiro atoms. The molecule has 1 aliphatic rings. The van der Waals surface area contributed by atoms with Crippen LogP contribution in [0.5, 0.6) is 0 Å². The molecule has 0 radical (unpaired) electrons. The first-order chi connectivity index (χ1) is 14.6. The molecular formula is C25H24N4O. The highest BCUT2D eigenvalue weighted by atomic mass is 16.3. The average Bonchev–Trinajstić information content (AvgIpc) is 3.43. The number of aromatic nitrogens is 2. The van der Waals surface area contributed by atoms with E-state index in [1.54, 1.807) is 0 Å². The van der Waals surface area contributed by atoms with E-state index in [9.17, 15) is 0 Å². The van der Waals surface area contributed by atoms with Crippen LogP contribution in [-0.4, -0.2) is 27.5 Å². The molecule has 1 aliphatic heterocycles. The summed E-state index contributed by atoms with van der Waals surface area (Å²) in [6, 6.07) is 17.1. The summed E-state index contributed by atoms with van der Waals surface area (Å²) < 4.78 is 5.64. The summed E-state index contributed by atoms with van der Waals surface area (Å²) in [5.74, 6) is 0. The molecule has 5 rings (SSSR count). The van der Waals surface area contributed by atoms with Gasteiger partial charge in [-0.1, -0.05) is 18.2 Å². The van der Waals surface area contributed by atoms with E-state index in [1.807, 2.05) is 24.7 Å². The minimum atomic E-state index is 0.0372. The van der Waals surface area contributed by atoms with Crippen molar-refractivity contribution < 1.29 is 4.42 Å². The van der Waals surface area contributed by atoms with E-state index in [4.69, 9.17) is 4.42 Å². The first kappa shape index (κ1) is 18.4. The largest absolute Gasteiger partial charge is 0.464 e. The van der Waals surface area contributed by atoms with Crippen LogP contribution >= 0.6 is 0 Å². The number of nitrogens with one attached hydrogen (secondary N) is 1. The number of H-pyrrole nitrogens is 1. The van der Waals surface area contributed by atoms with Gasteiger partial charge in [0.25, 0.3) is 0 Å². The van der Waals surface area contributed by atoms with Crippen molar-refractivity contribution in [1.82, 2.24) is 15.1 Å².